The number of aliphatic hydroxyl groups excluding tert-OH is 4. The molecule has 0 spiro atoms. The highest BCUT2D eigenvalue weighted by atomic mass is 31.2. The second-order valence-corrected chi connectivity index (χ2v) is 17.7. The van der Waals surface area contributed by atoms with Crippen molar-refractivity contribution in [2.75, 3.05) is 24.7 Å². The number of rotatable bonds is 9. The molecule has 0 unspecified atom stereocenters. The van der Waals surface area contributed by atoms with Gasteiger partial charge in [0.15, 0.2) is 29.2 Å². The molecule has 2 saturated heterocycles. The first kappa shape index (κ1) is 42.1. The third-order valence-corrected chi connectivity index (χ3v) is 13.7. The lowest BCUT2D eigenvalue weighted by Gasteiger charge is -2.47. The number of hydrogen-bond donors (Lipinski definition) is 15. The van der Waals surface area contributed by atoms with Crippen LogP contribution in [0.3, 0.4) is 0 Å². The number of aromatic nitrogens is 8. The van der Waals surface area contributed by atoms with Gasteiger partial charge in [0.25, 0.3) is 10.8 Å². The summed E-state index contributed by atoms with van der Waals surface area (Å²) < 4.78 is 65.8. The molecule has 0 radical (unpaired) electrons. The monoisotopic (exact) mass is 854 g/mol. The van der Waals surface area contributed by atoms with Crippen LogP contribution in [0.15, 0.2) is 25.3 Å². The Morgan fingerprint density at radius 1 is 0.741 bits per heavy atom. The highest BCUT2D eigenvalue weighted by molar-refractivity contribution is 7.61. The van der Waals surface area contributed by atoms with E-state index >= 15 is 0 Å². The van der Waals surface area contributed by atoms with Crippen LogP contribution < -0.4 is 11.5 Å². The standard InChI is InChI=1S/C10H17N5O16P4.C10H13N5O4/c11-6-5-7(13-2-12-6)15(3-14-5)10(34(24,25)26)9(33(21,22)23,31-35(27,28)29)8(17,32(18,19)20)4(1-16)30-10;11-8-5-9(13-2-12-8)15(3-14-5)10-7(18)6(17)4(1-16)19-10/h2-4,16-17H,1H2,(H2,11,12,13)(H2,18,19,20)(H2,21,22,23)(H2,24,25,26)(H2,27,28,29);2-4,6-7,10,16-18H,1H2,(H2,11,12,13)/t4-,8+,9+,10+;4-,6-,7-,10-/m11/s1. The van der Waals surface area contributed by atoms with Crippen LogP contribution in [0.25, 0.3) is 22.3 Å². The molecule has 4 aromatic heterocycles. The molecule has 17 N–H and O–H groups in total. The zero-order valence-electron chi connectivity index (χ0n) is 26.3. The summed E-state index contributed by atoms with van der Waals surface area (Å²) >= 11 is 0. The van der Waals surface area contributed by atoms with Gasteiger partial charge in [0.1, 0.15) is 54.4 Å². The van der Waals surface area contributed by atoms with Gasteiger partial charge < -0.3 is 85.6 Å². The topological polar surface area (TPSA) is 498 Å². The van der Waals surface area contributed by atoms with Crippen molar-refractivity contribution in [3.63, 3.8) is 0 Å². The Hall–Kier alpha value is -3.02. The Kier molecular flexibility index (Phi) is 10.8. The summed E-state index contributed by atoms with van der Waals surface area (Å²) in [7, 11) is -26.7. The van der Waals surface area contributed by atoms with E-state index in [0.717, 1.165) is 0 Å². The number of nitrogens with zero attached hydrogens (tertiary/aromatic N) is 8. The van der Waals surface area contributed by atoms with Gasteiger partial charge >= 0.3 is 30.6 Å². The molecule has 2 fully saturated rings. The van der Waals surface area contributed by atoms with E-state index in [0.29, 0.717) is 23.8 Å². The molecule has 300 valence electrons. The highest BCUT2D eigenvalue weighted by Crippen LogP contribution is 2.85. The zero-order chi connectivity index (χ0) is 40.6. The van der Waals surface area contributed by atoms with Crippen molar-refractivity contribution in [3.05, 3.63) is 25.3 Å². The Bertz CT molecular complexity index is 2260. The summed E-state index contributed by atoms with van der Waals surface area (Å²) in [5.74, 6) is -0.287. The predicted octanol–water partition coefficient (Wildman–Crippen LogP) is -5.54. The number of phosphoric ester groups is 1. The van der Waals surface area contributed by atoms with E-state index in [1.165, 1.54) is 17.2 Å². The molecule has 0 aliphatic carbocycles. The fourth-order valence-corrected chi connectivity index (χ4v) is 12.7. The molecule has 6 heterocycles. The minimum atomic E-state index is -6.97. The van der Waals surface area contributed by atoms with E-state index in [4.69, 9.17) is 26.0 Å². The zero-order valence-corrected chi connectivity index (χ0v) is 29.9. The van der Waals surface area contributed by atoms with Crippen molar-refractivity contribution in [1.29, 1.82) is 0 Å². The molecular formula is C20H30N10O20P4. The fourth-order valence-electron chi connectivity index (χ4n) is 5.99. The average molecular weight is 854 g/mol. The molecule has 8 atom stereocenters. The average Bonchev–Trinajstić information content (AvgIpc) is 3.80. The molecule has 2 aliphatic heterocycles. The number of phosphoric acid groups is 1. The van der Waals surface area contributed by atoms with Crippen LogP contribution in [0.4, 0.5) is 11.6 Å². The van der Waals surface area contributed by atoms with E-state index in [9.17, 15) is 77.8 Å². The van der Waals surface area contributed by atoms with Gasteiger partial charge in [-0.05, 0) is 0 Å². The van der Waals surface area contributed by atoms with Gasteiger partial charge in [-0.15, -0.1) is 0 Å². The van der Waals surface area contributed by atoms with Crippen molar-refractivity contribution in [1.82, 2.24) is 39.0 Å². The Balaban J connectivity index is 0.000000246. The maximum absolute atomic E-state index is 12.9. The van der Waals surface area contributed by atoms with Crippen LogP contribution in [0.5, 0.6) is 0 Å². The Labute approximate surface area is 297 Å². The first-order valence-electron chi connectivity index (χ1n) is 14.2. The van der Waals surface area contributed by atoms with E-state index in [1.807, 2.05) is 0 Å². The second-order valence-electron chi connectivity index (χ2n) is 11.3. The number of imidazole rings is 2. The molecule has 2 aliphatic rings. The summed E-state index contributed by atoms with van der Waals surface area (Å²) in [6.07, 6.45) is -3.55. The van der Waals surface area contributed by atoms with Gasteiger partial charge in [-0.3, -0.25) is 27.4 Å². The Morgan fingerprint density at radius 2 is 1.28 bits per heavy atom. The third-order valence-electron chi connectivity index (χ3n) is 8.23. The van der Waals surface area contributed by atoms with Gasteiger partial charge in [0, 0.05) is 0 Å². The van der Waals surface area contributed by atoms with Crippen molar-refractivity contribution in [2.24, 2.45) is 0 Å². The van der Waals surface area contributed by atoms with E-state index < -0.39 is 108 Å². The highest BCUT2D eigenvalue weighted by Gasteiger charge is 2.94. The molecule has 4 aromatic rings. The third kappa shape index (κ3) is 6.19. The lowest BCUT2D eigenvalue weighted by molar-refractivity contribution is -0.117. The smallest absolute Gasteiger partial charge is 0.394 e. The molecule has 0 saturated carbocycles. The van der Waals surface area contributed by atoms with Crippen LogP contribution in [0.1, 0.15) is 6.23 Å². The second kappa shape index (κ2) is 13.9. The molecular weight excluding hydrogens is 824 g/mol. The number of fused-ring (bicyclic) bond motifs is 2. The van der Waals surface area contributed by atoms with E-state index in [1.54, 1.807) is 0 Å². The molecule has 0 aromatic carbocycles. The van der Waals surface area contributed by atoms with Crippen LogP contribution in [-0.4, -0.2) is 152 Å². The van der Waals surface area contributed by atoms with Crippen molar-refractivity contribution in [3.8, 4) is 0 Å². The number of aliphatic hydroxyl groups is 5. The number of anilines is 2. The minimum absolute atomic E-state index is 0.105. The van der Waals surface area contributed by atoms with Crippen LogP contribution in [-0.2, 0) is 37.7 Å². The first-order chi connectivity index (χ1) is 24.8. The quantitative estimate of drug-likeness (QED) is 0.0698. The predicted molar refractivity (Wildman–Crippen MR) is 169 cm³/mol. The molecule has 54 heavy (non-hydrogen) atoms. The van der Waals surface area contributed by atoms with Gasteiger partial charge in [-0.1, -0.05) is 0 Å². The van der Waals surface area contributed by atoms with Crippen molar-refractivity contribution in [2.45, 2.75) is 46.8 Å². The number of ether oxygens (including phenoxy) is 2. The largest absolute Gasteiger partial charge is 0.471 e. The first-order valence-corrected chi connectivity index (χ1v) is 20.6. The van der Waals surface area contributed by atoms with Gasteiger partial charge in [-0.2, -0.15) is 0 Å². The number of nitrogens with two attached hydrogens (primary N) is 2. The molecule has 34 heteroatoms. The SMILES string of the molecule is Nc1ncnc2c1ncn2[C@@H]1O[C@H](CO)[C@@H](O)[C@H]1O.Nc1ncnc2c1ncn2[C@]1(P(=O)(O)O)O[C@H](CO)[C@](O)(P(=O)(O)O)[C@]1(OP(=O)(O)O)P(=O)(O)O. The van der Waals surface area contributed by atoms with Gasteiger partial charge in [0.05, 0.1) is 19.5 Å². The van der Waals surface area contributed by atoms with Gasteiger partial charge in [-0.25, -0.2) is 34.5 Å². The van der Waals surface area contributed by atoms with Crippen LogP contribution in [0, 0.1) is 0 Å². The molecule has 0 amide bonds. The summed E-state index contributed by atoms with van der Waals surface area (Å²) in [5.41, 5.74) is 6.13. The van der Waals surface area contributed by atoms with Crippen molar-refractivity contribution < 1.29 is 96.9 Å². The van der Waals surface area contributed by atoms with Gasteiger partial charge in [0.2, 0.25) is 5.34 Å². The minimum Gasteiger partial charge on any atom is -0.394 e. The molecule has 30 nitrogen and oxygen atoms in total. The van der Waals surface area contributed by atoms with Crippen molar-refractivity contribution >= 4 is 64.6 Å². The van der Waals surface area contributed by atoms with Crippen LogP contribution in [0.2, 0.25) is 0 Å². The van der Waals surface area contributed by atoms with Crippen LogP contribution >= 0.6 is 30.6 Å². The number of hydrogen-bond acceptors (Lipinski definition) is 20. The van der Waals surface area contributed by atoms with E-state index in [2.05, 4.69) is 34.4 Å². The maximum Gasteiger partial charge on any atom is 0.471 e. The molecule has 6 rings (SSSR count). The summed E-state index contributed by atoms with van der Waals surface area (Å²) in [6.45, 7) is -2.22. The maximum atomic E-state index is 12.9. The lowest BCUT2D eigenvalue weighted by Crippen LogP contribution is -2.64. The molecule has 0 bridgehead atoms. The Morgan fingerprint density at radius 3 is 1.74 bits per heavy atom. The summed E-state index contributed by atoms with van der Waals surface area (Å²) in [5, 5.41) is 39.7. The summed E-state index contributed by atoms with van der Waals surface area (Å²) in [4.78, 5) is 102. The normalized spacial score (nSPS) is 30.9. The lowest BCUT2D eigenvalue weighted by atomic mass is 10.1. The van der Waals surface area contributed by atoms with E-state index in [-0.39, 0.29) is 10.4 Å². The fraction of sp³-hybridized carbons (Fsp3) is 0.500. The number of nitrogen functional groups attached to an aromatic ring is 2. The summed E-state index contributed by atoms with van der Waals surface area (Å²) in [6, 6.07) is 0.